The van der Waals surface area contributed by atoms with Crippen molar-refractivity contribution in [3.63, 3.8) is 0 Å². The van der Waals surface area contributed by atoms with Crippen LogP contribution in [0.2, 0.25) is 0 Å². The number of para-hydroxylation sites is 3. The number of hydrogen-bond donors (Lipinski definition) is 3. The van der Waals surface area contributed by atoms with E-state index in [9.17, 15) is 22.8 Å². The monoisotopic (exact) mass is 486 g/mol. The summed E-state index contributed by atoms with van der Waals surface area (Å²) in [5.41, 5.74) is 0.349. The molecule has 4 amide bonds. The minimum atomic E-state index is -4.50. The maximum atomic E-state index is 13.0. The number of rotatable bonds is 8. The van der Waals surface area contributed by atoms with Crippen LogP contribution in [0.4, 0.5) is 39.8 Å². The Labute approximate surface area is 200 Å². The summed E-state index contributed by atoms with van der Waals surface area (Å²) in [6, 6.07) is 19.4. The number of ether oxygens (including phenoxy) is 1. The first-order valence-electron chi connectivity index (χ1n) is 10.8. The van der Waals surface area contributed by atoms with E-state index < -0.39 is 17.8 Å². The minimum absolute atomic E-state index is 0.0272. The molecule has 0 saturated heterocycles. The van der Waals surface area contributed by atoms with Crippen molar-refractivity contribution in [3.05, 3.63) is 84.4 Å². The quantitative estimate of drug-likeness (QED) is 0.344. The number of carbonyl (C=O) groups excluding carboxylic acids is 2. The van der Waals surface area contributed by atoms with Crippen LogP contribution >= 0.6 is 0 Å². The molecule has 7 nitrogen and oxygen atoms in total. The third-order valence-electron chi connectivity index (χ3n) is 4.95. The predicted octanol–water partition coefficient (Wildman–Crippen LogP) is 5.96. The summed E-state index contributed by atoms with van der Waals surface area (Å²) in [4.78, 5) is 26.7. The van der Waals surface area contributed by atoms with Gasteiger partial charge >= 0.3 is 18.2 Å². The van der Waals surface area contributed by atoms with Crippen LogP contribution in [0, 0.1) is 0 Å². The molecule has 3 aromatic rings. The number of halogens is 3. The number of hydrogen-bond acceptors (Lipinski definition) is 3. The Morgan fingerprint density at radius 2 is 1.63 bits per heavy atom. The number of anilines is 3. The van der Waals surface area contributed by atoms with Gasteiger partial charge in [-0.25, -0.2) is 9.59 Å². The van der Waals surface area contributed by atoms with E-state index in [2.05, 4.69) is 16.0 Å². The fraction of sp³-hybridized carbons (Fsp3) is 0.200. The molecule has 0 saturated carbocycles. The first-order valence-corrected chi connectivity index (χ1v) is 10.8. The van der Waals surface area contributed by atoms with E-state index in [-0.39, 0.29) is 24.8 Å². The molecule has 0 unspecified atom stereocenters. The van der Waals surface area contributed by atoms with E-state index in [1.807, 2.05) is 6.07 Å². The summed E-state index contributed by atoms with van der Waals surface area (Å²) in [5, 5.41) is 7.81. The zero-order valence-corrected chi connectivity index (χ0v) is 18.9. The van der Waals surface area contributed by atoms with Gasteiger partial charge in [-0.1, -0.05) is 36.4 Å². The van der Waals surface area contributed by atoms with Crippen molar-refractivity contribution in [3.8, 4) is 5.75 Å². The van der Waals surface area contributed by atoms with Crippen LogP contribution < -0.4 is 25.6 Å². The Morgan fingerprint density at radius 1 is 0.914 bits per heavy atom. The average molecular weight is 486 g/mol. The van der Waals surface area contributed by atoms with Gasteiger partial charge in [0.25, 0.3) is 0 Å². The SMILES string of the molecule is COc1ccccc1NC(=O)N(CCCNC(=O)Nc1cccc(C(F)(F)F)c1)c1ccccc1. The maximum absolute atomic E-state index is 13.0. The van der Waals surface area contributed by atoms with Crippen LogP contribution in [-0.4, -0.2) is 32.3 Å². The number of nitrogens with zero attached hydrogens (tertiary/aromatic N) is 1. The first kappa shape index (κ1) is 25.4. The Hall–Kier alpha value is -4.21. The Morgan fingerprint density at radius 3 is 2.34 bits per heavy atom. The topological polar surface area (TPSA) is 82.7 Å². The van der Waals surface area contributed by atoms with Crippen LogP contribution in [0.25, 0.3) is 0 Å². The van der Waals surface area contributed by atoms with E-state index in [0.29, 0.717) is 23.5 Å². The predicted molar refractivity (Wildman–Crippen MR) is 129 cm³/mol. The lowest BCUT2D eigenvalue weighted by atomic mass is 10.2. The van der Waals surface area contributed by atoms with Crippen molar-refractivity contribution < 1.29 is 27.5 Å². The second kappa shape index (κ2) is 11.8. The molecule has 0 radical (unpaired) electrons. The van der Waals surface area contributed by atoms with E-state index in [0.717, 1.165) is 12.1 Å². The lowest BCUT2D eigenvalue weighted by Gasteiger charge is -2.24. The molecule has 0 fully saturated rings. The second-order valence-corrected chi connectivity index (χ2v) is 7.43. The summed E-state index contributed by atoms with van der Waals surface area (Å²) in [6.07, 6.45) is -4.11. The molecule has 3 aromatic carbocycles. The van der Waals surface area contributed by atoms with Gasteiger partial charge in [0, 0.05) is 24.5 Å². The lowest BCUT2D eigenvalue weighted by Crippen LogP contribution is -2.38. The highest BCUT2D eigenvalue weighted by Gasteiger charge is 2.30. The van der Waals surface area contributed by atoms with E-state index in [4.69, 9.17) is 4.74 Å². The molecule has 0 bridgehead atoms. The molecular formula is C25H25F3N4O3. The first-order chi connectivity index (χ1) is 16.8. The van der Waals surface area contributed by atoms with Gasteiger partial charge in [-0.2, -0.15) is 13.2 Å². The lowest BCUT2D eigenvalue weighted by molar-refractivity contribution is -0.137. The van der Waals surface area contributed by atoms with Crippen LogP contribution in [0.3, 0.4) is 0 Å². The maximum Gasteiger partial charge on any atom is 0.416 e. The third kappa shape index (κ3) is 7.39. The van der Waals surface area contributed by atoms with Gasteiger partial charge in [0.2, 0.25) is 0 Å². The summed E-state index contributed by atoms with van der Waals surface area (Å²) >= 11 is 0. The minimum Gasteiger partial charge on any atom is -0.495 e. The third-order valence-corrected chi connectivity index (χ3v) is 4.95. The highest BCUT2D eigenvalue weighted by Crippen LogP contribution is 2.30. The summed E-state index contributed by atoms with van der Waals surface area (Å²) in [7, 11) is 1.51. The molecule has 35 heavy (non-hydrogen) atoms. The Kier molecular flexibility index (Phi) is 8.55. The van der Waals surface area contributed by atoms with Crippen molar-refractivity contribution in [2.45, 2.75) is 12.6 Å². The van der Waals surface area contributed by atoms with Gasteiger partial charge in [-0.05, 0) is 48.9 Å². The van der Waals surface area contributed by atoms with Crippen molar-refractivity contribution in [2.75, 3.05) is 35.7 Å². The molecule has 0 aliphatic heterocycles. The van der Waals surface area contributed by atoms with Gasteiger partial charge in [-0.15, -0.1) is 0 Å². The van der Waals surface area contributed by atoms with Gasteiger partial charge in [0.05, 0.1) is 18.4 Å². The largest absolute Gasteiger partial charge is 0.495 e. The number of alkyl halides is 3. The number of amides is 4. The van der Waals surface area contributed by atoms with Crippen LogP contribution in [0.15, 0.2) is 78.9 Å². The van der Waals surface area contributed by atoms with Crippen molar-refractivity contribution in [2.24, 2.45) is 0 Å². The molecule has 0 aliphatic rings. The van der Waals surface area contributed by atoms with Crippen molar-refractivity contribution in [1.29, 1.82) is 0 Å². The highest BCUT2D eigenvalue weighted by atomic mass is 19.4. The van der Waals surface area contributed by atoms with Gasteiger partial charge < -0.3 is 20.7 Å². The summed E-state index contributed by atoms with van der Waals surface area (Å²) in [5.74, 6) is 0.516. The molecule has 0 atom stereocenters. The number of nitrogens with one attached hydrogen (secondary N) is 3. The smallest absolute Gasteiger partial charge is 0.416 e. The normalized spacial score (nSPS) is 10.9. The van der Waals surface area contributed by atoms with Gasteiger partial charge in [-0.3, -0.25) is 4.90 Å². The average Bonchev–Trinajstić information content (AvgIpc) is 2.84. The number of benzene rings is 3. The Bertz CT molecular complexity index is 1140. The standard InChI is InChI=1S/C25H25F3N4O3/c1-35-22-14-6-5-13-21(22)31-24(34)32(20-11-3-2-4-12-20)16-8-15-29-23(33)30-19-10-7-9-18(17-19)25(26,27)28/h2-7,9-14,17H,8,15-16H2,1H3,(H,31,34)(H2,29,30,33). The highest BCUT2D eigenvalue weighted by molar-refractivity contribution is 6.02. The summed E-state index contributed by atoms with van der Waals surface area (Å²) in [6.45, 7) is 0.463. The van der Waals surface area contributed by atoms with Crippen LogP contribution in [0.5, 0.6) is 5.75 Å². The second-order valence-electron chi connectivity index (χ2n) is 7.43. The van der Waals surface area contributed by atoms with E-state index >= 15 is 0 Å². The fourth-order valence-electron chi connectivity index (χ4n) is 3.27. The molecule has 3 rings (SSSR count). The van der Waals surface area contributed by atoms with Crippen LogP contribution in [-0.2, 0) is 6.18 Å². The Balaban J connectivity index is 1.57. The van der Waals surface area contributed by atoms with Crippen LogP contribution in [0.1, 0.15) is 12.0 Å². The molecule has 0 spiro atoms. The molecule has 0 heterocycles. The number of carbonyl (C=O) groups is 2. The van der Waals surface area contributed by atoms with E-state index in [1.54, 1.807) is 48.5 Å². The fourth-order valence-corrected chi connectivity index (χ4v) is 3.27. The molecule has 0 aliphatic carbocycles. The van der Waals surface area contributed by atoms with Gasteiger partial charge in [0.15, 0.2) is 0 Å². The molecule has 3 N–H and O–H groups in total. The molecule has 184 valence electrons. The molecular weight excluding hydrogens is 461 g/mol. The zero-order chi connectivity index (χ0) is 25.3. The van der Waals surface area contributed by atoms with E-state index in [1.165, 1.54) is 24.1 Å². The van der Waals surface area contributed by atoms with Gasteiger partial charge in [0.1, 0.15) is 5.75 Å². The molecule has 10 heteroatoms. The zero-order valence-electron chi connectivity index (χ0n) is 18.9. The summed E-state index contributed by atoms with van der Waals surface area (Å²) < 4.78 is 43.8. The number of methoxy groups -OCH3 is 1. The molecule has 0 aromatic heterocycles. The van der Waals surface area contributed by atoms with Crippen molar-refractivity contribution >= 4 is 29.1 Å². The van der Waals surface area contributed by atoms with Crippen molar-refractivity contribution in [1.82, 2.24) is 5.32 Å². The number of urea groups is 2.